The molecule has 0 aliphatic carbocycles. The minimum Gasteiger partial charge on any atom is -0.486 e. The highest BCUT2D eigenvalue weighted by atomic mass is 35.5. The summed E-state index contributed by atoms with van der Waals surface area (Å²) in [5, 5.41) is 4.46. The molecule has 2 heterocycles. The Labute approximate surface area is 155 Å². The molecular formula is C20H17ClN2O3. The minimum absolute atomic E-state index is 0.185. The number of fused-ring (bicyclic) bond motifs is 2. The first-order chi connectivity index (χ1) is 12.7. The van der Waals surface area contributed by atoms with E-state index in [4.69, 9.17) is 21.1 Å². The molecule has 0 atom stereocenters. The lowest BCUT2D eigenvalue weighted by atomic mass is 10.1. The van der Waals surface area contributed by atoms with Crippen molar-refractivity contribution >= 4 is 34.5 Å². The SMILES string of the molecule is O=C(/C=C\c1cc(Cl)c2c(c1)OCCO2)NCc1cc2ccccc2[nH]1. The van der Waals surface area contributed by atoms with Crippen molar-refractivity contribution < 1.29 is 14.3 Å². The molecule has 132 valence electrons. The lowest BCUT2D eigenvalue weighted by Gasteiger charge is -2.19. The van der Waals surface area contributed by atoms with Gasteiger partial charge in [-0.15, -0.1) is 0 Å². The largest absolute Gasteiger partial charge is 0.486 e. The molecule has 1 amide bonds. The molecular weight excluding hydrogens is 352 g/mol. The van der Waals surface area contributed by atoms with Crippen molar-refractivity contribution in [2.24, 2.45) is 0 Å². The van der Waals surface area contributed by atoms with Gasteiger partial charge in [-0.3, -0.25) is 4.79 Å². The number of ether oxygens (including phenoxy) is 2. The zero-order valence-electron chi connectivity index (χ0n) is 13.9. The second kappa shape index (κ2) is 7.14. The van der Waals surface area contributed by atoms with E-state index in [2.05, 4.69) is 10.3 Å². The van der Waals surface area contributed by atoms with Crippen molar-refractivity contribution in [3.8, 4) is 11.5 Å². The number of carbonyl (C=O) groups is 1. The van der Waals surface area contributed by atoms with Crippen LogP contribution in [0, 0.1) is 0 Å². The van der Waals surface area contributed by atoms with Gasteiger partial charge in [0.15, 0.2) is 11.5 Å². The Balaban J connectivity index is 1.40. The molecule has 5 nitrogen and oxygen atoms in total. The molecule has 0 spiro atoms. The van der Waals surface area contributed by atoms with E-state index < -0.39 is 0 Å². The number of hydrogen-bond donors (Lipinski definition) is 2. The number of nitrogens with one attached hydrogen (secondary N) is 2. The highest BCUT2D eigenvalue weighted by Crippen LogP contribution is 2.38. The van der Waals surface area contributed by atoms with Crippen LogP contribution in [0.1, 0.15) is 11.3 Å². The zero-order valence-corrected chi connectivity index (χ0v) is 14.7. The summed E-state index contributed by atoms with van der Waals surface area (Å²) >= 11 is 6.20. The Hall–Kier alpha value is -2.92. The molecule has 6 heteroatoms. The quantitative estimate of drug-likeness (QED) is 0.686. The average Bonchev–Trinajstić information content (AvgIpc) is 3.08. The Morgan fingerprint density at radius 2 is 2.04 bits per heavy atom. The van der Waals surface area contributed by atoms with Crippen molar-refractivity contribution in [2.75, 3.05) is 13.2 Å². The maximum Gasteiger partial charge on any atom is 0.244 e. The van der Waals surface area contributed by atoms with Gasteiger partial charge >= 0.3 is 0 Å². The van der Waals surface area contributed by atoms with Crippen LogP contribution in [0.4, 0.5) is 0 Å². The number of hydrogen-bond acceptors (Lipinski definition) is 3. The van der Waals surface area contributed by atoms with Crippen LogP contribution in [0.25, 0.3) is 17.0 Å². The van der Waals surface area contributed by atoms with E-state index in [1.807, 2.05) is 36.4 Å². The number of benzene rings is 2. The summed E-state index contributed by atoms with van der Waals surface area (Å²) < 4.78 is 11.0. The summed E-state index contributed by atoms with van der Waals surface area (Å²) in [6.07, 6.45) is 3.18. The molecule has 4 rings (SSSR count). The molecule has 0 radical (unpaired) electrons. The third-order valence-electron chi connectivity index (χ3n) is 4.09. The molecule has 26 heavy (non-hydrogen) atoms. The van der Waals surface area contributed by atoms with E-state index >= 15 is 0 Å². The number of halogens is 1. The van der Waals surface area contributed by atoms with E-state index in [-0.39, 0.29) is 5.91 Å². The Bertz CT molecular complexity index is 961. The lowest BCUT2D eigenvalue weighted by Crippen LogP contribution is -2.20. The zero-order chi connectivity index (χ0) is 17.9. The molecule has 0 bridgehead atoms. The maximum atomic E-state index is 12.1. The molecule has 0 saturated heterocycles. The number of aromatic nitrogens is 1. The van der Waals surface area contributed by atoms with Crippen LogP contribution in [-0.4, -0.2) is 24.1 Å². The summed E-state index contributed by atoms with van der Waals surface area (Å²) in [4.78, 5) is 15.4. The van der Waals surface area contributed by atoms with Gasteiger partial charge in [-0.05, 0) is 41.3 Å². The Morgan fingerprint density at radius 3 is 2.92 bits per heavy atom. The van der Waals surface area contributed by atoms with E-state index in [9.17, 15) is 4.79 Å². The molecule has 1 aliphatic heterocycles. The highest BCUT2D eigenvalue weighted by Gasteiger charge is 2.15. The van der Waals surface area contributed by atoms with Crippen LogP contribution in [0.15, 0.2) is 48.5 Å². The first-order valence-electron chi connectivity index (χ1n) is 8.31. The van der Waals surface area contributed by atoms with Gasteiger partial charge in [-0.2, -0.15) is 0 Å². The van der Waals surface area contributed by atoms with Crippen molar-refractivity contribution in [3.05, 3.63) is 64.8 Å². The number of H-pyrrole nitrogens is 1. The number of rotatable bonds is 4. The van der Waals surface area contributed by atoms with Gasteiger partial charge in [-0.1, -0.05) is 29.8 Å². The number of amides is 1. The summed E-state index contributed by atoms with van der Waals surface area (Å²) in [7, 11) is 0. The van der Waals surface area contributed by atoms with E-state index in [1.54, 1.807) is 12.1 Å². The number of para-hydroxylation sites is 1. The summed E-state index contributed by atoms with van der Waals surface area (Å²) in [6.45, 7) is 1.40. The van der Waals surface area contributed by atoms with Gasteiger partial charge in [0.2, 0.25) is 5.91 Å². The molecule has 3 aromatic rings. The first-order valence-corrected chi connectivity index (χ1v) is 8.68. The molecule has 2 N–H and O–H groups in total. The Morgan fingerprint density at radius 1 is 1.19 bits per heavy atom. The second-order valence-electron chi connectivity index (χ2n) is 5.96. The van der Waals surface area contributed by atoms with Crippen LogP contribution >= 0.6 is 11.6 Å². The molecule has 0 unspecified atom stereocenters. The second-order valence-corrected chi connectivity index (χ2v) is 6.37. The van der Waals surface area contributed by atoms with E-state index in [0.29, 0.717) is 36.3 Å². The Kier molecular flexibility index (Phi) is 4.54. The molecule has 0 saturated carbocycles. The van der Waals surface area contributed by atoms with Crippen molar-refractivity contribution in [2.45, 2.75) is 6.54 Å². The van der Waals surface area contributed by atoms with Gasteiger partial charge in [0.05, 0.1) is 11.6 Å². The molecule has 1 aliphatic rings. The lowest BCUT2D eigenvalue weighted by molar-refractivity contribution is -0.116. The van der Waals surface area contributed by atoms with Gasteiger partial charge in [0.25, 0.3) is 0 Å². The topological polar surface area (TPSA) is 63.4 Å². The van der Waals surface area contributed by atoms with Crippen LogP contribution < -0.4 is 14.8 Å². The summed E-state index contributed by atoms with van der Waals surface area (Å²) in [6, 6.07) is 13.6. The average molecular weight is 369 g/mol. The van der Waals surface area contributed by atoms with E-state index in [1.165, 1.54) is 6.08 Å². The van der Waals surface area contributed by atoms with Gasteiger partial charge < -0.3 is 19.8 Å². The first kappa shape index (κ1) is 16.5. The van der Waals surface area contributed by atoms with Crippen LogP contribution in [0.2, 0.25) is 5.02 Å². The predicted octanol–water partition coefficient (Wildman–Crippen LogP) is 3.92. The predicted molar refractivity (Wildman–Crippen MR) is 102 cm³/mol. The fraction of sp³-hybridized carbons (Fsp3) is 0.150. The smallest absolute Gasteiger partial charge is 0.244 e. The van der Waals surface area contributed by atoms with E-state index in [0.717, 1.165) is 22.2 Å². The number of carbonyl (C=O) groups excluding carboxylic acids is 1. The third-order valence-corrected chi connectivity index (χ3v) is 4.37. The number of aromatic amines is 1. The highest BCUT2D eigenvalue weighted by molar-refractivity contribution is 6.32. The van der Waals surface area contributed by atoms with Crippen LogP contribution in [0.5, 0.6) is 11.5 Å². The summed E-state index contributed by atoms with van der Waals surface area (Å²) in [5.74, 6) is 0.967. The normalized spacial score (nSPS) is 13.3. The van der Waals surface area contributed by atoms with Crippen molar-refractivity contribution in [3.63, 3.8) is 0 Å². The van der Waals surface area contributed by atoms with Crippen LogP contribution in [0.3, 0.4) is 0 Å². The molecule has 1 aromatic heterocycles. The fourth-order valence-corrected chi connectivity index (χ4v) is 3.14. The fourth-order valence-electron chi connectivity index (χ4n) is 2.87. The van der Waals surface area contributed by atoms with Gasteiger partial charge in [0.1, 0.15) is 13.2 Å². The van der Waals surface area contributed by atoms with Gasteiger partial charge in [-0.25, -0.2) is 0 Å². The van der Waals surface area contributed by atoms with Gasteiger partial charge in [0, 0.05) is 17.3 Å². The van der Waals surface area contributed by atoms with Crippen molar-refractivity contribution in [1.29, 1.82) is 0 Å². The minimum atomic E-state index is -0.185. The van der Waals surface area contributed by atoms with Crippen LogP contribution in [-0.2, 0) is 11.3 Å². The van der Waals surface area contributed by atoms with Crippen molar-refractivity contribution in [1.82, 2.24) is 10.3 Å². The summed E-state index contributed by atoms with van der Waals surface area (Å²) in [5.41, 5.74) is 2.79. The monoisotopic (exact) mass is 368 g/mol. The standard InChI is InChI=1S/C20H17ClN2O3/c21-16-9-13(10-18-20(16)26-8-7-25-18)5-6-19(24)22-12-15-11-14-3-1-2-4-17(14)23-15/h1-6,9-11,23H,7-8,12H2,(H,22,24)/b6-5-. The molecule has 2 aromatic carbocycles. The third kappa shape index (κ3) is 3.53. The maximum absolute atomic E-state index is 12.1. The molecule has 0 fully saturated rings.